The number of fused-ring (bicyclic) bond motifs is 3. The van der Waals surface area contributed by atoms with E-state index in [4.69, 9.17) is 10.1 Å². The summed E-state index contributed by atoms with van der Waals surface area (Å²) in [5.74, 6) is -0.370. The molecule has 2 heterocycles. The molecule has 2 aromatic carbocycles. The van der Waals surface area contributed by atoms with Crippen LogP contribution in [0, 0.1) is 25.7 Å². The molecule has 35 heavy (non-hydrogen) atoms. The van der Waals surface area contributed by atoms with Crippen molar-refractivity contribution in [3.63, 3.8) is 0 Å². The van der Waals surface area contributed by atoms with Gasteiger partial charge in [0.25, 0.3) is 0 Å². The third-order valence-corrected chi connectivity index (χ3v) is 7.34. The van der Waals surface area contributed by atoms with Gasteiger partial charge in [0.15, 0.2) is 5.78 Å². The fourth-order valence-corrected chi connectivity index (χ4v) is 5.56. The van der Waals surface area contributed by atoms with E-state index in [1.807, 2.05) is 32.0 Å². The van der Waals surface area contributed by atoms with Gasteiger partial charge in [0, 0.05) is 43.2 Å². The molecule has 0 unspecified atom stereocenters. The van der Waals surface area contributed by atoms with E-state index in [1.165, 1.54) is 31.3 Å². The number of halogens is 1. The number of ketones is 1. The second kappa shape index (κ2) is 11.3. The number of aromatic nitrogens is 2. The monoisotopic (exact) mass is 666 g/mol. The summed E-state index contributed by atoms with van der Waals surface area (Å²) in [5.41, 5.74) is 4.69. The van der Waals surface area contributed by atoms with Crippen LogP contribution in [0.25, 0.3) is 32.9 Å². The van der Waals surface area contributed by atoms with Gasteiger partial charge in [-0.3, -0.25) is 9.78 Å². The van der Waals surface area contributed by atoms with Crippen molar-refractivity contribution in [3.8, 4) is 11.3 Å². The first-order valence-electron chi connectivity index (χ1n) is 11.1. The Balaban J connectivity index is 0.000000476. The van der Waals surface area contributed by atoms with Crippen molar-refractivity contribution in [1.29, 1.82) is 0 Å². The summed E-state index contributed by atoms with van der Waals surface area (Å²) >= 11 is 0. The van der Waals surface area contributed by atoms with Crippen LogP contribution in [0.5, 0.6) is 0 Å². The van der Waals surface area contributed by atoms with E-state index in [2.05, 4.69) is 42.8 Å². The molecule has 0 saturated carbocycles. The van der Waals surface area contributed by atoms with Crippen molar-refractivity contribution < 1.29 is 34.4 Å². The number of aliphatic hydroxyl groups excluding tert-OH is 1. The Hall–Kier alpha value is -2.73. The minimum absolute atomic E-state index is 0. The number of carbonyl (C=O) groups is 1. The zero-order chi connectivity index (χ0) is 25.2. The Kier molecular flexibility index (Phi) is 9.23. The van der Waals surface area contributed by atoms with Crippen LogP contribution in [-0.2, 0) is 24.9 Å². The molecule has 4 aromatic rings. The molecule has 0 saturated heterocycles. The van der Waals surface area contributed by atoms with Gasteiger partial charge < -0.3 is 10.1 Å². The van der Waals surface area contributed by atoms with E-state index in [0.717, 1.165) is 38.7 Å². The molecule has 4 rings (SSSR count). The largest absolute Gasteiger partial charge is 0.512 e. The van der Waals surface area contributed by atoms with Crippen LogP contribution in [0.3, 0.4) is 0 Å². The molecular formula is C28H30FIrN2O2Si-. The van der Waals surface area contributed by atoms with Crippen molar-refractivity contribution in [2.75, 3.05) is 0 Å². The molecule has 0 spiro atoms. The van der Waals surface area contributed by atoms with Gasteiger partial charge in [0.05, 0.1) is 25.5 Å². The molecule has 7 heteroatoms. The topological polar surface area (TPSA) is 63.1 Å². The maximum atomic E-state index is 14.9. The number of pyridine rings is 2. The molecular weight excluding hydrogens is 636 g/mol. The van der Waals surface area contributed by atoms with Crippen LogP contribution in [0.4, 0.5) is 4.39 Å². The molecule has 185 valence electrons. The minimum atomic E-state index is -1.60. The standard InChI is InChI=1S/C23H22FN2Si.C5H8O2.Ir/c1-14-9-15(2)11-16(10-14)22-18-12-25-23-17(21(18)19(24)13-26-22)7-6-8-20(23)27(3,4)5;1-4(6)3-5(2)7;/h6-10,12-13H,1-5H3;3,6H,1-2H3;/q-1;;/b;4-3-;. The van der Waals surface area contributed by atoms with Gasteiger partial charge in [-0.15, -0.1) is 34.9 Å². The molecule has 1 N–H and O–H groups in total. The zero-order valence-electron chi connectivity index (χ0n) is 21.1. The van der Waals surface area contributed by atoms with Crippen LogP contribution in [0.2, 0.25) is 19.6 Å². The number of hydrogen-bond acceptors (Lipinski definition) is 4. The molecule has 0 aliphatic carbocycles. The first-order valence-corrected chi connectivity index (χ1v) is 14.6. The summed E-state index contributed by atoms with van der Waals surface area (Å²) in [6, 6.07) is 13.6. The van der Waals surface area contributed by atoms with E-state index in [9.17, 15) is 9.18 Å². The fraction of sp³-hybridized carbons (Fsp3) is 0.250. The summed E-state index contributed by atoms with van der Waals surface area (Å²) in [6.07, 6.45) is 4.27. The van der Waals surface area contributed by atoms with E-state index < -0.39 is 8.07 Å². The zero-order valence-corrected chi connectivity index (χ0v) is 24.5. The van der Waals surface area contributed by atoms with Gasteiger partial charge in [0.1, 0.15) is 5.82 Å². The Morgan fingerprint density at radius 2 is 1.74 bits per heavy atom. The number of aryl methyl sites for hydroxylation is 2. The summed E-state index contributed by atoms with van der Waals surface area (Å²) < 4.78 is 14.9. The van der Waals surface area contributed by atoms with Gasteiger partial charge in [-0.2, -0.15) is 0 Å². The smallest absolute Gasteiger partial charge is 0.155 e. The number of rotatable bonds is 3. The molecule has 0 bridgehead atoms. The first kappa shape index (κ1) is 28.5. The van der Waals surface area contributed by atoms with Crippen molar-refractivity contribution in [2.24, 2.45) is 0 Å². The Morgan fingerprint density at radius 3 is 2.29 bits per heavy atom. The Labute approximate surface area is 220 Å². The quantitative estimate of drug-likeness (QED) is 0.0883. The van der Waals surface area contributed by atoms with E-state index in [1.54, 1.807) is 6.20 Å². The summed E-state index contributed by atoms with van der Waals surface area (Å²) in [6.45, 7) is 13.8. The number of allylic oxidation sites excluding steroid dienone is 2. The van der Waals surface area contributed by atoms with Crippen LogP contribution < -0.4 is 5.19 Å². The van der Waals surface area contributed by atoms with Gasteiger partial charge in [-0.05, 0) is 30.1 Å². The van der Waals surface area contributed by atoms with Crippen molar-refractivity contribution >= 4 is 40.7 Å². The summed E-state index contributed by atoms with van der Waals surface area (Å²) in [7, 11) is -1.60. The Bertz CT molecular complexity index is 1400. The second-order valence-electron chi connectivity index (χ2n) is 9.60. The van der Waals surface area contributed by atoms with Crippen molar-refractivity contribution in [1.82, 2.24) is 9.97 Å². The number of benzene rings is 2. The fourth-order valence-electron chi connectivity index (χ4n) is 4.05. The van der Waals surface area contributed by atoms with E-state index in [0.29, 0.717) is 5.39 Å². The van der Waals surface area contributed by atoms with Crippen LogP contribution in [0.15, 0.2) is 54.6 Å². The predicted octanol–water partition coefficient (Wildman–Crippen LogP) is 6.59. The van der Waals surface area contributed by atoms with Crippen LogP contribution >= 0.6 is 0 Å². The molecule has 2 aromatic heterocycles. The van der Waals surface area contributed by atoms with Crippen molar-refractivity contribution in [2.45, 2.75) is 47.3 Å². The van der Waals surface area contributed by atoms with E-state index >= 15 is 0 Å². The van der Waals surface area contributed by atoms with Crippen molar-refractivity contribution in [3.05, 3.63) is 77.6 Å². The first-order chi connectivity index (χ1) is 15.9. The minimum Gasteiger partial charge on any atom is -0.512 e. The average Bonchev–Trinajstić information content (AvgIpc) is 2.71. The third-order valence-electron chi connectivity index (χ3n) is 5.32. The number of nitrogens with zero attached hydrogens (tertiary/aromatic N) is 2. The van der Waals surface area contributed by atoms with Gasteiger partial charge in [-0.25, -0.2) is 4.39 Å². The second-order valence-corrected chi connectivity index (χ2v) is 14.6. The normalized spacial score (nSPS) is 11.6. The SMILES string of the molecule is CC(=O)/C=C(/C)O.Cc1[c-]c(-c2ncc(F)c3c2cnc2c([Si](C)(C)C)cccc23)cc(C)c1.[Ir]. The van der Waals surface area contributed by atoms with Crippen LogP contribution in [-0.4, -0.2) is 28.9 Å². The molecule has 4 nitrogen and oxygen atoms in total. The molecule has 0 aliphatic rings. The Morgan fingerprint density at radius 1 is 1.06 bits per heavy atom. The van der Waals surface area contributed by atoms with Crippen LogP contribution in [0.1, 0.15) is 25.0 Å². The van der Waals surface area contributed by atoms with E-state index in [-0.39, 0.29) is 37.5 Å². The summed E-state index contributed by atoms with van der Waals surface area (Å²) in [4.78, 5) is 19.2. The molecule has 0 amide bonds. The predicted molar refractivity (Wildman–Crippen MR) is 141 cm³/mol. The number of hydrogen-bond donors (Lipinski definition) is 1. The number of carbonyl (C=O) groups excluding carboxylic acids is 1. The molecule has 1 radical (unpaired) electrons. The molecule has 0 aliphatic heterocycles. The maximum absolute atomic E-state index is 14.9. The summed E-state index contributed by atoms with van der Waals surface area (Å²) in [5, 5.41) is 11.8. The number of aliphatic hydroxyl groups is 1. The maximum Gasteiger partial charge on any atom is 0.155 e. The third kappa shape index (κ3) is 6.69. The molecule has 0 fully saturated rings. The molecule has 0 atom stereocenters. The average molecular weight is 666 g/mol. The van der Waals surface area contributed by atoms with Gasteiger partial charge in [0.2, 0.25) is 0 Å². The van der Waals surface area contributed by atoms with Gasteiger partial charge >= 0.3 is 0 Å². The number of para-hydroxylation sites is 1. The van der Waals surface area contributed by atoms with Gasteiger partial charge in [-0.1, -0.05) is 51.7 Å².